The van der Waals surface area contributed by atoms with E-state index in [9.17, 15) is 19.2 Å². The number of hydrogen-bond donors (Lipinski definition) is 11. The van der Waals surface area contributed by atoms with Crippen LogP contribution >= 0.6 is 0 Å². The molecule has 32 heavy (non-hydrogen) atoms. The van der Waals surface area contributed by atoms with E-state index in [-0.39, 0.29) is 44.4 Å². The van der Waals surface area contributed by atoms with Gasteiger partial charge in [-0.15, -0.1) is 0 Å². The van der Waals surface area contributed by atoms with E-state index in [4.69, 9.17) is 33.1 Å². The van der Waals surface area contributed by atoms with Gasteiger partial charge in [-0.25, -0.2) is 0 Å². The molecule has 3 amide bonds. The first-order chi connectivity index (χ1) is 15.0. The first-order valence-electron chi connectivity index (χ1n) is 9.96. The van der Waals surface area contributed by atoms with Gasteiger partial charge in [0.2, 0.25) is 17.7 Å². The van der Waals surface area contributed by atoms with Crippen LogP contribution in [0.2, 0.25) is 0 Å². The Labute approximate surface area is 185 Å². The van der Waals surface area contributed by atoms with Crippen molar-refractivity contribution in [2.24, 2.45) is 17.2 Å². The molecule has 0 heterocycles. The van der Waals surface area contributed by atoms with Crippen LogP contribution in [-0.4, -0.2) is 78.5 Å². The summed E-state index contributed by atoms with van der Waals surface area (Å²) in [4.78, 5) is 48.0. The van der Waals surface area contributed by atoms with Crippen molar-refractivity contribution >= 4 is 35.6 Å². The van der Waals surface area contributed by atoms with Crippen LogP contribution in [0.5, 0.6) is 0 Å². The van der Waals surface area contributed by atoms with E-state index in [0.717, 1.165) is 0 Å². The fourth-order valence-corrected chi connectivity index (χ4v) is 2.50. The van der Waals surface area contributed by atoms with Crippen LogP contribution in [0.3, 0.4) is 0 Å². The van der Waals surface area contributed by atoms with Crippen molar-refractivity contribution in [3.63, 3.8) is 0 Å². The Kier molecular flexibility index (Phi) is 13.5. The predicted molar refractivity (Wildman–Crippen MR) is 116 cm³/mol. The Morgan fingerprint density at radius 2 is 1.28 bits per heavy atom. The van der Waals surface area contributed by atoms with Crippen molar-refractivity contribution in [3.8, 4) is 0 Å². The van der Waals surface area contributed by atoms with E-state index >= 15 is 0 Å². The number of nitrogens with one attached hydrogen (secondary N) is 7. The zero-order valence-electron chi connectivity index (χ0n) is 18.0. The Bertz CT molecular complexity index is 687. The molecule has 0 aliphatic rings. The molecule has 0 aliphatic heterocycles. The third-order valence-electron chi connectivity index (χ3n) is 4.17. The second-order valence-corrected chi connectivity index (χ2v) is 6.92. The Balaban J connectivity index is 5.22. The number of aliphatic carboxylic acids is 1. The molecule has 14 N–H and O–H groups in total. The van der Waals surface area contributed by atoms with Crippen LogP contribution in [0, 0.1) is 10.8 Å². The molecule has 0 saturated carbocycles. The number of carboxylic acid groups (broad SMARTS) is 1. The fourth-order valence-electron chi connectivity index (χ4n) is 2.50. The van der Waals surface area contributed by atoms with Crippen molar-refractivity contribution in [1.29, 1.82) is 10.8 Å². The molecule has 0 aromatic heterocycles. The highest BCUT2D eigenvalue weighted by Crippen LogP contribution is 2.03. The van der Waals surface area contributed by atoms with Crippen LogP contribution in [0.1, 0.15) is 32.6 Å². The first kappa shape index (κ1) is 28.4. The lowest BCUT2D eigenvalue weighted by atomic mass is 10.1. The molecular weight excluding hydrogens is 424 g/mol. The van der Waals surface area contributed by atoms with Crippen molar-refractivity contribution in [2.45, 2.75) is 50.7 Å². The van der Waals surface area contributed by atoms with Crippen LogP contribution < -0.4 is 43.8 Å². The van der Waals surface area contributed by atoms with E-state index in [1.54, 1.807) is 0 Å². The zero-order chi connectivity index (χ0) is 24.7. The lowest BCUT2D eigenvalue weighted by Gasteiger charge is -2.24. The molecule has 0 bridgehead atoms. The van der Waals surface area contributed by atoms with Gasteiger partial charge in [-0.05, 0) is 32.6 Å². The second kappa shape index (κ2) is 15.2. The largest absolute Gasteiger partial charge is 0.480 e. The van der Waals surface area contributed by atoms with Gasteiger partial charge in [0, 0.05) is 13.1 Å². The van der Waals surface area contributed by atoms with Crippen molar-refractivity contribution in [2.75, 3.05) is 19.6 Å². The highest BCUT2D eigenvalue weighted by molar-refractivity contribution is 5.93. The molecule has 15 heteroatoms. The molecule has 0 spiro atoms. The van der Waals surface area contributed by atoms with E-state index in [2.05, 4.69) is 26.6 Å². The summed E-state index contributed by atoms with van der Waals surface area (Å²) in [6, 6.07) is -3.28. The van der Waals surface area contributed by atoms with Gasteiger partial charge < -0.3 is 48.9 Å². The summed E-state index contributed by atoms with van der Waals surface area (Å²) in [5.74, 6) is -3.67. The number of carbonyl (C=O) groups is 4. The number of rotatable bonds is 15. The average Bonchev–Trinajstić information content (AvgIpc) is 2.71. The van der Waals surface area contributed by atoms with E-state index in [0.29, 0.717) is 12.8 Å². The number of nitrogens with two attached hydrogens (primary N) is 3. The molecule has 3 atom stereocenters. The lowest BCUT2D eigenvalue weighted by molar-refractivity contribution is -0.141. The number of carbonyl (C=O) groups excluding carboxylic acids is 3. The molecule has 0 aromatic rings. The van der Waals surface area contributed by atoms with Crippen molar-refractivity contribution < 1.29 is 24.3 Å². The number of hydrogen-bond acceptors (Lipinski definition) is 7. The van der Waals surface area contributed by atoms with Crippen molar-refractivity contribution in [1.82, 2.24) is 26.6 Å². The quantitative estimate of drug-likeness (QED) is 0.0643. The van der Waals surface area contributed by atoms with Gasteiger partial charge >= 0.3 is 5.97 Å². The molecular formula is C17H34N10O5. The Hall–Kier alpha value is -3.62. The van der Waals surface area contributed by atoms with E-state index in [1.165, 1.54) is 6.92 Å². The smallest absolute Gasteiger partial charge is 0.325 e. The maximum Gasteiger partial charge on any atom is 0.325 e. The molecule has 0 rings (SSSR count). The van der Waals surface area contributed by atoms with Gasteiger partial charge in [-0.3, -0.25) is 30.0 Å². The Morgan fingerprint density at radius 1 is 0.844 bits per heavy atom. The monoisotopic (exact) mass is 458 g/mol. The molecule has 15 nitrogen and oxygen atoms in total. The van der Waals surface area contributed by atoms with Crippen LogP contribution in [0.15, 0.2) is 0 Å². The minimum atomic E-state index is -1.24. The van der Waals surface area contributed by atoms with Gasteiger partial charge in [0.05, 0.1) is 6.54 Å². The lowest BCUT2D eigenvalue weighted by Crippen LogP contribution is -2.56. The van der Waals surface area contributed by atoms with Crippen molar-refractivity contribution in [3.05, 3.63) is 0 Å². The fraction of sp³-hybridized carbons (Fsp3) is 0.647. The Morgan fingerprint density at radius 3 is 1.69 bits per heavy atom. The number of guanidine groups is 2. The van der Waals surface area contributed by atoms with Gasteiger partial charge in [-0.2, -0.15) is 0 Å². The summed E-state index contributed by atoms with van der Waals surface area (Å²) >= 11 is 0. The molecule has 0 saturated heterocycles. The molecule has 0 fully saturated rings. The van der Waals surface area contributed by atoms with E-state index < -0.39 is 41.8 Å². The maximum atomic E-state index is 12.8. The first-order valence-corrected chi connectivity index (χ1v) is 9.96. The van der Waals surface area contributed by atoms with Crippen LogP contribution in [0.25, 0.3) is 0 Å². The molecule has 0 unspecified atom stereocenters. The predicted octanol–water partition coefficient (Wildman–Crippen LogP) is -3.97. The second-order valence-electron chi connectivity index (χ2n) is 6.92. The van der Waals surface area contributed by atoms with Crippen LogP contribution in [0.4, 0.5) is 0 Å². The summed E-state index contributed by atoms with van der Waals surface area (Å²) in [6.45, 7) is 1.48. The van der Waals surface area contributed by atoms with Gasteiger partial charge in [0.1, 0.15) is 18.1 Å². The summed E-state index contributed by atoms with van der Waals surface area (Å²) in [6.07, 6.45) is 0.997. The highest BCUT2D eigenvalue weighted by atomic mass is 16.4. The molecule has 0 aromatic carbocycles. The number of amides is 3. The summed E-state index contributed by atoms with van der Waals surface area (Å²) in [5.41, 5.74) is 15.7. The zero-order valence-corrected chi connectivity index (χ0v) is 18.0. The van der Waals surface area contributed by atoms with Gasteiger partial charge in [0.15, 0.2) is 11.9 Å². The third kappa shape index (κ3) is 12.8. The maximum absolute atomic E-state index is 12.8. The topological polar surface area (TPSA) is 274 Å². The average molecular weight is 459 g/mol. The van der Waals surface area contributed by atoms with Gasteiger partial charge in [-0.1, -0.05) is 0 Å². The summed E-state index contributed by atoms with van der Waals surface area (Å²) < 4.78 is 0. The van der Waals surface area contributed by atoms with E-state index in [1.807, 2.05) is 0 Å². The molecule has 0 radical (unpaired) electrons. The highest BCUT2D eigenvalue weighted by Gasteiger charge is 2.27. The minimum absolute atomic E-state index is 0.119. The molecule has 182 valence electrons. The van der Waals surface area contributed by atoms with Gasteiger partial charge in [0.25, 0.3) is 0 Å². The molecule has 0 aliphatic carbocycles. The number of carboxylic acids is 1. The minimum Gasteiger partial charge on any atom is -0.480 e. The summed E-state index contributed by atoms with van der Waals surface area (Å²) in [7, 11) is 0. The normalized spacial score (nSPS) is 13.1. The van der Waals surface area contributed by atoms with Crippen LogP contribution in [-0.2, 0) is 19.2 Å². The third-order valence-corrected chi connectivity index (χ3v) is 4.17. The SMILES string of the molecule is C[C@H](NC(=O)[C@H](CCCNC(=N)N)NC(=O)[C@H](CCCNC(=N)N)NC(=O)CN)C(=O)O. The summed E-state index contributed by atoms with van der Waals surface area (Å²) in [5, 5.41) is 35.7. The standard InChI is InChI=1S/C17H34N10O5/c1-9(15(31)32)25-13(29)11(5-3-7-24-17(21)22)27-14(30)10(26-12(28)8-18)4-2-6-23-16(19)20/h9-11H,2-8,18H2,1H3,(H,25,29)(H,26,28)(H,27,30)(H,31,32)(H4,19,20,23)(H4,21,22,24)/t9-,10-,11-/m0/s1.